The zero-order chi connectivity index (χ0) is 4.28. The predicted molar refractivity (Wildman–Crippen MR) is 25.4 cm³/mol. The topological polar surface area (TPSA) is 9.23 Å². The molecule has 0 aliphatic rings. The van der Waals surface area contributed by atoms with Gasteiger partial charge in [-0.2, -0.15) is 0 Å². The van der Waals surface area contributed by atoms with E-state index in [1.807, 2.05) is 0 Å². The van der Waals surface area contributed by atoms with E-state index in [9.17, 15) is 0 Å². The maximum Gasteiger partial charge on any atom is 0.249 e. The minimum atomic E-state index is -0.417. The molecule has 0 heterocycles. The van der Waals surface area contributed by atoms with E-state index < -0.39 is 4.47 Å². The van der Waals surface area contributed by atoms with Crippen molar-refractivity contribution in [3.05, 3.63) is 0 Å². The average molecular weight is 172 g/mol. The Morgan fingerprint density at radius 2 is 2.20 bits per heavy atom. The first-order valence-electron chi connectivity index (χ1n) is 0.876. The summed E-state index contributed by atoms with van der Waals surface area (Å²) in [5.74, 6) is 0. The summed E-state index contributed by atoms with van der Waals surface area (Å²) in [4.78, 5) is 0. The highest BCUT2D eigenvalue weighted by Crippen LogP contribution is 2.01. The molecule has 29 valence electrons. The first-order chi connectivity index (χ1) is 2.27. The highest BCUT2D eigenvalue weighted by Gasteiger charge is 1.85. The van der Waals surface area contributed by atoms with Crippen molar-refractivity contribution in [1.29, 1.82) is 0 Å². The molecule has 0 aromatic rings. The number of halogens is 2. The van der Waals surface area contributed by atoms with E-state index in [2.05, 4.69) is 30.8 Å². The molecular formula is CHBrClOSi. The van der Waals surface area contributed by atoms with Gasteiger partial charge in [0, 0.05) is 0 Å². The highest BCUT2D eigenvalue weighted by atomic mass is 79.9. The van der Waals surface area contributed by atoms with Crippen molar-refractivity contribution in [3.63, 3.8) is 0 Å². The van der Waals surface area contributed by atoms with Gasteiger partial charge in [0.2, 0.25) is 10.5 Å². The predicted octanol–water partition coefficient (Wildman–Crippen LogP) is 1.00. The van der Waals surface area contributed by atoms with Crippen molar-refractivity contribution < 1.29 is 4.43 Å². The van der Waals surface area contributed by atoms with E-state index in [0.717, 1.165) is 0 Å². The van der Waals surface area contributed by atoms with E-state index in [1.54, 1.807) is 0 Å². The smallest absolute Gasteiger partial charge is 0.249 e. The summed E-state index contributed by atoms with van der Waals surface area (Å²) >= 11 is 7.98. The molecule has 1 nitrogen and oxygen atoms in total. The van der Waals surface area contributed by atoms with Gasteiger partial charge >= 0.3 is 0 Å². The van der Waals surface area contributed by atoms with Crippen LogP contribution in [0.5, 0.6) is 0 Å². The van der Waals surface area contributed by atoms with Crippen LogP contribution in [0.15, 0.2) is 0 Å². The van der Waals surface area contributed by atoms with Crippen molar-refractivity contribution in [2.45, 2.75) is 4.47 Å². The van der Waals surface area contributed by atoms with Crippen LogP contribution in [0.25, 0.3) is 0 Å². The second-order valence-electron chi connectivity index (χ2n) is 0.379. The molecular weight excluding hydrogens is 171 g/mol. The SMILES string of the molecule is [Si]OC(Cl)Br. The monoisotopic (exact) mass is 171 g/mol. The van der Waals surface area contributed by atoms with Gasteiger partial charge in [-0.05, 0) is 15.9 Å². The lowest BCUT2D eigenvalue weighted by Gasteiger charge is -1.89. The molecule has 4 heteroatoms. The lowest BCUT2D eigenvalue weighted by Crippen LogP contribution is -1.86. The summed E-state index contributed by atoms with van der Waals surface area (Å²) in [6, 6.07) is 0. The lowest BCUT2D eigenvalue weighted by atomic mass is 11.7. The Kier molecular flexibility index (Phi) is 3.75. The molecule has 0 aromatic heterocycles. The largest absolute Gasteiger partial charge is 0.395 e. The van der Waals surface area contributed by atoms with Gasteiger partial charge in [0.15, 0.2) is 4.47 Å². The zero-order valence-corrected chi connectivity index (χ0v) is 5.58. The molecule has 1 atom stereocenters. The van der Waals surface area contributed by atoms with Crippen LogP contribution in [0.2, 0.25) is 0 Å². The van der Waals surface area contributed by atoms with Gasteiger partial charge in [0.1, 0.15) is 0 Å². The van der Waals surface area contributed by atoms with E-state index in [1.165, 1.54) is 0 Å². The zero-order valence-electron chi connectivity index (χ0n) is 2.24. The summed E-state index contributed by atoms with van der Waals surface area (Å²) in [5, 5.41) is 0. The number of alkyl halides is 2. The summed E-state index contributed by atoms with van der Waals surface area (Å²) < 4.78 is 3.82. The fourth-order valence-corrected chi connectivity index (χ4v) is 0. The molecule has 0 saturated heterocycles. The molecule has 0 rings (SSSR count). The first kappa shape index (κ1) is 5.95. The van der Waals surface area contributed by atoms with Crippen LogP contribution in [-0.2, 0) is 4.43 Å². The third-order valence-corrected chi connectivity index (χ3v) is 1.10. The van der Waals surface area contributed by atoms with Crippen LogP contribution in [0.4, 0.5) is 0 Å². The Bertz CT molecular complexity index is 25.6. The Hall–Kier alpha value is 0.947. The van der Waals surface area contributed by atoms with Gasteiger partial charge in [0.05, 0.1) is 0 Å². The van der Waals surface area contributed by atoms with Gasteiger partial charge < -0.3 is 4.43 Å². The summed E-state index contributed by atoms with van der Waals surface area (Å²) in [6.07, 6.45) is 0. The Morgan fingerprint density at radius 3 is 2.20 bits per heavy atom. The first-order valence-corrected chi connectivity index (χ1v) is 2.64. The van der Waals surface area contributed by atoms with E-state index in [4.69, 9.17) is 11.6 Å². The second-order valence-corrected chi connectivity index (χ2v) is 2.37. The number of hydrogen-bond acceptors (Lipinski definition) is 1. The third-order valence-electron chi connectivity index (χ3n) is 0.0891. The van der Waals surface area contributed by atoms with Gasteiger partial charge in [-0.25, -0.2) is 0 Å². The molecule has 0 fully saturated rings. The molecule has 0 bridgehead atoms. The van der Waals surface area contributed by atoms with Gasteiger partial charge in [-0.3, -0.25) is 0 Å². The number of hydrogen-bond donors (Lipinski definition) is 0. The fourth-order valence-electron chi connectivity index (χ4n) is 0. The third kappa shape index (κ3) is 4.95. The maximum absolute atomic E-state index is 5.11. The minimum Gasteiger partial charge on any atom is -0.395 e. The molecule has 0 amide bonds. The Morgan fingerprint density at radius 1 is 2.00 bits per heavy atom. The van der Waals surface area contributed by atoms with Crippen LogP contribution < -0.4 is 0 Å². The highest BCUT2D eigenvalue weighted by molar-refractivity contribution is 9.10. The van der Waals surface area contributed by atoms with Crippen molar-refractivity contribution >= 4 is 38.0 Å². The van der Waals surface area contributed by atoms with Crippen LogP contribution >= 0.6 is 27.5 Å². The molecule has 0 N–H and O–H groups in total. The lowest BCUT2D eigenvalue weighted by molar-refractivity contribution is 0.405. The number of rotatable bonds is 1. The van der Waals surface area contributed by atoms with E-state index in [0.29, 0.717) is 0 Å². The molecule has 5 heavy (non-hydrogen) atoms. The standard InChI is InChI=1S/CHBrClOSi/c2-1(3)4-5/h1H. The van der Waals surface area contributed by atoms with Crippen LogP contribution in [0.1, 0.15) is 0 Å². The summed E-state index contributed by atoms with van der Waals surface area (Å²) in [6.45, 7) is 0. The van der Waals surface area contributed by atoms with Crippen molar-refractivity contribution in [2.24, 2.45) is 0 Å². The fraction of sp³-hybridized carbons (Fsp3) is 1.00. The van der Waals surface area contributed by atoms with E-state index in [-0.39, 0.29) is 0 Å². The molecule has 0 spiro atoms. The van der Waals surface area contributed by atoms with Crippen molar-refractivity contribution in [3.8, 4) is 0 Å². The molecule has 0 aliphatic carbocycles. The molecule has 0 saturated carbocycles. The second kappa shape index (κ2) is 3.15. The summed E-state index contributed by atoms with van der Waals surface area (Å²) in [5.41, 5.74) is 0. The molecule has 3 radical (unpaired) electrons. The van der Waals surface area contributed by atoms with E-state index >= 15 is 0 Å². The van der Waals surface area contributed by atoms with Crippen molar-refractivity contribution in [1.82, 2.24) is 0 Å². The maximum atomic E-state index is 5.11. The minimum absolute atomic E-state index is 0.417. The van der Waals surface area contributed by atoms with Gasteiger partial charge in [-0.1, -0.05) is 11.6 Å². The molecule has 0 aliphatic heterocycles. The normalized spacial score (nSPS) is 15.0. The van der Waals surface area contributed by atoms with Crippen LogP contribution in [0.3, 0.4) is 0 Å². The van der Waals surface area contributed by atoms with Crippen molar-refractivity contribution in [2.75, 3.05) is 0 Å². The van der Waals surface area contributed by atoms with Crippen LogP contribution in [0, 0.1) is 0 Å². The molecule has 1 unspecified atom stereocenters. The van der Waals surface area contributed by atoms with Crippen LogP contribution in [-0.4, -0.2) is 15.0 Å². The summed E-state index contributed by atoms with van der Waals surface area (Å²) in [7, 11) is 2.68. The average Bonchev–Trinajstić information content (AvgIpc) is 1.38. The quantitative estimate of drug-likeness (QED) is 0.424. The Balaban J connectivity index is 2.54. The Labute approximate surface area is 47.3 Å². The van der Waals surface area contributed by atoms with Gasteiger partial charge in [0.25, 0.3) is 0 Å². The molecule has 0 aromatic carbocycles. The van der Waals surface area contributed by atoms with Gasteiger partial charge in [-0.15, -0.1) is 0 Å².